The van der Waals surface area contributed by atoms with E-state index < -0.39 is 26.3 Å². The summed E-state index contributed by atoms with van der Waals surface area (Å²) in [5.41, 5.74) is -0.271. The Morgan fingerprint density at radius 1 is 1.50 bits per heavy atom. The van der Waals surface area contributed by atoms with Gasteiger partial charge in [0.15, 0.2) is 15.1 Å². The van der Waals surface area contributed by atoms with Crippen molar-refractivity contribution >= 4 is 15.8 Å². The molecule has 1 spiro atoms. The van der Waals surface area contributed by atoms with Crippen molar-refractivity contribution in [3.05, 3.63) is 0 Å². The van der Waals surface area contributed by atoms with E-state index in [9.17, 15) is 13.2 Å². The van der Waals surface area contributed by atoms with Crippen molar-refractivity contribution in [3.8, 4) is 0 Å². The van der Waals surface area contributed by atoms with Crippen molar-refractivity contribution in [2.75, 3.05) is 6.61 Å². The Balaban J connectivity index is 2.16. The fourth-order valence-electron chi connectivity index (χ4n) is 2.96. The van der Waals surface area contributed by atoms with E-state index in [1.165, 1.54) is 0 Å². The Labute approximate surface area is 107 Å². The van der Waals surface area contributed by atoms with Crippen LogP contribution >= 0.6 is 0 Å². The number of carbonyl (C=O) groups is 1. The van der Waals surface area contributed by atoms with E-state index in [0.717, 1.165) is 19.3 Å². The Kier molecular flexibility index (Phi) is 3.69. The van der Waals surface area contributed by atoms with Crippen LogP contribution in [-0.4, -0.2) is 42.2 Å². The number of hydrogen-bond donors (Lipinski definition) is 1. The second kappa shape index (κ2) is 4.81. The average Bonchev–Trinajstić information content (AvgIpc) is 2.27. The van der Waals surface area contributed by atoms with E-state index in [-0.39, 0.29) is 12.0 Å². The van der Waals surface area contributed by atoms with Gasteiger partial charge in [-0.2, -0.15) is 0 Å². The molecule has 2 fully saturated rings. The van der Waals surface area contributed by atoms with Crippen molar-refractivity contribution in [2.45, 2.75) is 61.5 Å². The van der Waals surface area contributed by atoms with E-state index in [4.69, 9.17) is 9.84 Å². The Morgan fingerprint density at radius 2 is 2.17 bits per heavy atom. The molecule has 0 radical (unpaired) electrons. The third-order valence-corrected chi connectivity index (χ3v) is 6.88. The van der Waals surface area contributed by atoms with Gasteiger partial charge in [-0.15, -0.1) is 0 Å². The van der Waals surface area contributed by atoms with Crippen LogP contribution in [0.25, 0.3) is 0 Å². The van der Waals surface area contributed by atoms with Gasteiger partial charge in [0.1, 0.15) is 0 Å². The maximum atomic E-state index is 12.3. The highest BCUT2D eigenvalue weighted by atomic mass is 32.2. The summed E-state index contributed by atoms with van der Waals surface area (Å²) in [7, 11) is -3.60. The number of aliphatic carboxylic acids is 1. The minimum atomic E-state index is -3.60. The van der Waals surface area contributed by atoms with Crippen LogP contribution in [0.15, 0.2) is 0 Å². The van der Waals surface area contributed by atoms with E-state index in [1.54, 1.807) is 6.92 Å². The highest BCUT2D eigenvalue weighted by molar-refractivity contribution is 7.93. The summed E-state index contributed by atoms with van der Waals surface area (Å²) in [6, 6.07) is 0. The van der Waals surface area contributed by atoms with Crippen LogP contribution in [0.3, 0.4) is 0 Å². The van der Waals surface area contributed by atoms with Crippen LogP contribution in [0.5, 0.6) is 0 Å². The Hall–Kier alpha value is -0.620. The molecule has 0 aromatic carbocycles. The molecule has 2 rings (SSSR count). The molecule has 2 aliphatic rings. The first-order chi connectivity index (χ1) is 8.41. The van der Waals surface area contributed by atoms with Crippen LogP contribution in [-0.2, 0) is 19.4 Å². The SMILES string of the molecule is CCC(C(=O)O)S(=O)(=O)C1CCOC2(CCC2)C1. The van der Waals surface area contributed by atoms with E-state index in [0.29, 0.717) is 19.4 Å². The standard InChI is InChI=1S/C12H20O5S/c1-2-10(11(13)14)18(15,16)9-4-7-17-12(8-9)5-3-6-12/h9-10H,2-8H2,1H3,(H,13,14). The summed E-state index contributed by atoms with van der Waals surface area (Å²) >= 11 is 0. The van der Waals surface area contributed by atoms with Gasteiger partial charge < -0.3 is 9.84 Å². The predicted octanol–water partition coefficient (Wildman–Crippen LogP) is 1.37. The lowest BCUT2D eigenvalue weighted by Gasteiger charge is -2.47. The number of sulfone groups is 1. The molecule has 2 unspecified atom stereocenters. The molecule has 1 aliphatic heterocycles. The van der Waals surface area contributed by atoms with Gasteiger partial charge in [0.05, 0.1) is 10.9 Å². The fourth-order valence-corrected chi connectivity index (χ4v) is 5.13. The molecule has 5 nitrogen and oxygen atoms in total. The quantitative estimate of drug-likeness (QED) is 0.838. The topological polar surface area (TPSA) is 80.7 Å². The molecule has 1 N–H and O–H groups in total. The van der Waals surface area contributed by atoms with E-state index >= 15 is 0 Å². The zero-order valence-corrected chi connectivity index (χ0v) is 11.4. The third-order valence-electron chi connectivity index (χ3n) is 4.22. The maximum absolute atomic E-state index is 12.3. The molecule has 1 saturated heterocycles. The maximum Gasteiger partial charge on any atom is 0.321 e. The van der Waals surface area contributed by atoms with Crippen molar-refractivity contribution in [2.24, 2.45) is 0 Å². The molecular weight excluding hydrogens is 256 g/mol. The van der Waals surface area contributed by atoms with Gasteiger partial charge in [-0.1, -0.05) is 6.92 Å². The number of carboxylic acid groups (broad SMARTS) is 1. The molecule has 1 heterocycles. The fraction of sp³-hybridized carbons (Fsp3) is 0.917. The van der Waals surface area contributed by atoms with Gasteiger partial charge in [0.2, 0.25) is 0 Å². The summed E-state index contributed by atoms with van der Waals surface area (Å²) in [5, 5.41) is 7.22. The Bertz CT molecular complexity index is 424. The molecule has 0 aromatic heterocycles. The van der Waals surface area contributed by atoms with Gasteiger partial charge in [-0.3, -0.25) is 4.79 Å². The summed E-state index contributed by atoms with van der Waals surface area (Å²) in [5.74, 6) is -1.23. The van der Waals surface area contributed by atoms with Gasteiger partial charge in [0, 0.05) is 6.61 Å². The molecule has 0 bridgehead atoms. The molecule has 18 heavy (non-hydrogen) atoms. The second-order valence-corrected chi connectivity index (χ2v) is 7.74. The normalized spacial score (nSPS) is 28.6. The van der Waals surface area contributed by atoms with Crippen LogP contribution in [0.2, 0.25) is 0 Å². The lowest BCUT2D eigenvalue weighted by molar-refractivity contribution is -0.137. The molecule has 0 amide bonds. The summed E-state index contributed by atoms with van der Waals surface area (Å²) in [4.78, 5) is 11.1. The van der Waals surface area contributed by atoms with Crippen molar-refractivity contribution < 1.29 is 23.1 Å². The minimum absolute atomic E-state index is 0.127. The zero-order chi connectivity index (χ0) is 13.4. The van der Waals surface area contributed by atoms with Crippen molar-refractivity contribution in [1.29, 1.82) is 0 Å². The molecule has 6 heteroatoms. The molecule has 1 aliphatic carbocycles. The third kappa shape index (κ3) is 2.28. The first-order valence-electron chi connectivity index (χ1n) is 6.51. The predicted molar refractivity (Wildman–Crippen MR) is 66.2 cm³/mol. The van der Waals surface area contributed by atoms with E-state index in [1.807, 2.05) is 0 Å². The zero-order valence-electron chi connectivity index (χ0n) is 10.6. The van der Waals surface area contributed by atoms with E-state index in [2.05, 4.69) is 0 Å². The van der Waals surface area contributed by atoms with Gasteiger partial charge in [0.25, 0.3) is 0 Å². The average molecular weight is 276 g/mol. The number of hydrogen-bond acceptors (Lipinski definition) is 4. The minimum Gasteiger partial charge on any atom is -0.480 e. The van der Waals surface area contributed by atoms with Gasteiger partial charge in [-0.25, -0.2) is 8.42 Å². The smallest absolute Gasteiger partial charge is 0.321 e. The first-order valence-corrected chi connectivity index (χ1v) is 8.12. The summed E-state index contributed by atoms with van der Waals surface area (Å²) in [6.45, 7) is 2.04. The highest BCUT2D eigenvalue weighted by Gasteiger charge is 2.48. The van der Waals surface area contributed by atoms with Crippen LogP contribution < -0.4 is 0 Å². The molecule has 0 aromatic rings. The Morgan fingerprint density at radius 3 is 2.61 bits per heavy atom. The van der Waals surface area contributed by atoms with Crippen molar-refractivity contribution in [1.82, 2.24) is 0 Å². The van der Waals surface area contributed by atoms with Crippen LogP contribution in [0.4, 0.5) is 0 Å². The number of rotatable bonds is 4. The first kappa shape index (κ1) is 13.8. The van der Waals surface area contributed by atoms with Crippen LogP contribution in [0.1, 0.15) is 45.4 Å². The van der Waals surface area contributed by atoms with Crippen molar-refractivity contribution in [3.63, 3.8) is 0 Å². The molecule has 2 atom stereocenters. The lowest BCUT2D eigenvalue weighted by Crippen LogP contribution is -2.51. The van der Waals surface area contributed by atoms with Crippen LogP contribution in [0, 0.1) is 0 Å². The second-order valence-electron chi connectivity index (χ2n) is 5.32. The van der Waals surface area contributed by atoms with Gasteiger partial charge >= 0.3 is 5.97 Å². The summed E-state index contributed by atoms with van der Waals surface area (Å²) < 4.78 is 30.4. The largest absolute Gasteiger partial charge is 0.480 e. The lowest BCUT2D eigenvalue weighted by atomic mass is 9.75. The molecule has 1 saturated carbocycles. The van der Waals surface area contributed by atoms with Gasteiger partial charge in [-0.05, 0) is 38.5 Å². The molecule has 104 valence electrons. The highest BCUT2D eigenvalue weighted by Crippen LogP contribution is 2.44. The number of ether oxygens (including phenoxy) is 1. The number of carboxylic acids is 1. The monoisotopic (exact) mass is 276 g/mol. The summed E-state index contributed by atoms with van der Waals surface area (Å²) in [6.07, 6.45) is 3.91. The molecular formula is C12H20O5S.